The summed E-state index contributed by atoms with van der Waals surface area (Å²) in [5, 5.41) is 9.59. The van der Waals surface area contributed by atoms with Gasteiger partial charge in [-0.05, 0) is 0 Å². The van der Waals surface area contributed by atoms with E-state index in [1.54, 1.807) is 0 Å². The standard InChI is InChI=1S/C10H10O5/c1-14-8-3-9(15-2)7(5-12)10(13)6(8)4-11/h3-5,13H,1-2H3. The summed E-state index contributed by atoms with van der Waals surface area (Å²) < 4.78 is 9.74. The Morgan fingerprint density at radius 1 is 1.07 bits per heavy atom. The van der Waals surface area contributed by atoms with Crippen molar-refractivity contribution >= 4 is 12.6 Å². The van der Waals surface area contributed by atoms with E-state index in [1.165, 1.54) is 20.3 Å². The fourth-order valence-corrected chi connectivity index (χ4v) is 1.22. The zero-order valence-electron chi connectivity index (χ0n) is 8.31. The molecule has 15 heavy (non-hydrogen) atoms. The summed E-state index contributed by atoms with van der Waals surface area (Å²) in [4.78, 5) is 21.4. The van der Waals surface area contributed by atoms with Gasteiger partial charge in [0, 0.05) is 6.07 Å². The second kappa shape index (κ2) is 4.45. The molecule has 1 aromatic rings. The zero-order valence-corrected chi connectivity index (χ0v) is 8.31. The molecule has 0 heterocycles. The molecule has 0 saturated carbocycles. The molecule has 0 aliphatic heterocycles. The highest BCUT2D eigenvalue weighted by Crippen LogP contribution is 2.36. The van der Waals surface area contributed by atoms with Gasteiger partial charge in [-0.2, -0.15) is 0 Å². The molecule has 1 rings (SSSR count). The van der Waals surface area contributed by atoms with Crippen molar-refractivity contribution in [1.82, 2.24) is 0 Å². The Bertz CT molecular complexity index is 363. The second-order valence-electron chi connectivity index (χ2n) is 2.69. The quantitative estimate of drug-likeness (QED) is 0.751. The van der Waals surface area contributed by atoms with Gasteiger partial charge in [0.2, 0.25) is 0 Å². The van der Waals surface area contributed by atoms with E-state index in [1.807, 2.05) is 0 Å². The van der Waals surface area contributed by atoms with Crippen LogP contribution in [0.5, 0.6) is 17.2 Å². The molecule has 0 aliphatic carbocycles. The van der Waals surface area contributed by atoms with Crippen LogP contribution in [0.25, 0.3) is 0 Å². The maximum atomic E-state index is 10.7. The number of hydrogen-bond acceptors (Lipinski definition) is 5. The molecule has 80 valence electrons. The molecule has 1 N–H and O–H groups in total. The second-order valence-corrected chi connectivity index (χ2v) is 2.69. The molecule has 1 aromatic carbocycles. The number of aldehydes is 2. The number of carbonyl (C=O) groups is 2. The number of phenols is 1. The number of carbonyl (C=O) groups excluding carboxylic acids is 2. The third-order valence-corrected chi connectivity index (χ3v) is 1.98. The van der Waals surface area contributed by atoms with Crippen LogP contribution in [-0.4, -0.2) is 31.9 Å². The maximum Gasteiger partial charge on any atom is 0.157 e. The number of benzene rings is 1. The molecule has 0 bridgehead atoms. The van der Waals surface area contributed by atoms with Crippen molar-refractivity contribution in [2.75, 3.05) is 14.2 Å². The average molecular weight is 210 g/mol. The van der Waals surface area contributed by atoms with E-state index in [-0.39, 0.29) is 22.6 Å². The molecule has 0 unspecified atom stereocenters. The van der Waals surface area contributed by atoms with Crippen LogP contribution in [0.4, 0.5) is 0 Å². The van der Waals surface area contributed by atoms with Gasteiger partial charge in [-0.3, -0.25) is 9.59 Å². The van der Waals surface area contributed by atoms with Gasteiger partial charge in [-0.15, -0.1) is 0 Å². The minimum Gasteiger partial charge on any atom is -0.506 e. The Labute approximate surface area is 86.2 Å². The SMILES string of the molecule is COc1cc(OC)c(C=O)c(O)c1C=O. The highest BCUT2D eigenvalue weighted by atomic mass is 16.5. The number of methoxy groups -OCH3 is 2. The minimum absolute atomic E-state index is 0.0691. The fourth-order valence-electron chi connectivity index (χ4n) is 1.22. The van der Waals surface area contributed by atoms with Crippen LogP contribution in [-0.2, 0) is 0 Å². The summed E-state index contributed by atoms with van der Waals surface area (Å²) in [5.41, 5.74) is -0.138. The van der Waals surface area contributed by atoms with E-state index in [4.69, 9.17) is 9.47 Å². The van der Waals surface area contributed by atoms with Gasteiger partial charge in [0.1, 0.15) is 17.2 Å². The molecule has 5 nitrogen and oxygen atoms in total. The first-order valence-corrected chi connectivity index (χ1v) is 4.07. The monoisotopic (exact) mass is 210 g/mol. The fraction of sp³-hybridized carbons (Fsp3) is 0.200. The summed E-state index contributed by atoms with van der Waals surface area (Å²) in [5.74, 6) is -0.119. The summed E-state index contributed by atoms with van der Waals surface area (Å²) >= 11 is 0. The van der Waals surface area contributed by atoms with E-state index < -0.39 is 5.75 Å². The Morgan fingerprint density at radius 2 is 1.47 bits per heavy atom. The Kier molecular flexibility index (Phi) is 3.28. The first-order valence-electron chi connectivity index (χ1n) is 4.07. The Morgan fingerprint density at radius 3 is 1.73 bits per heavy atom. The van der Waals surface area contributed by atoms with Crippen LogP contribution in [0.2, 0.25) is 0 Å². The minimum atomic E-state index is -0.434. The highest BCUT2D eigenvalue weighted by Gasteiger charge is 2.17. The third kappa shape index (κ3) is 1.76. The van der Waals surface area contributed by atoms with Crippen molar-refractivity contribution < 1.29 is 24.2 Å². The van der Waals surface area contributed by atoms with Crippen LogP contribution < -0.4 is 9.47 Å². The third-order valence-electron chi connectivity index (χ3n) is 1.98. The zero-order chi connectivity index (χ0) is 11.4. The first kappa shape index (κ1) is 11.0. The topological polar surface area (TPSA) is 72.8 Å². The molecule has 0 fully saturated rings. The predicted octanol–water partition coefficient (Wildman–Crippen LogP) is 1.03. The molecular formula is C10H10O5. The smallest absolute Gasteiger partial charge is 0.157 e. The molecule has 0 saturated heterocycles. The molecule has 5 heteroatoms. The van der Waals surface area contributed by atoms with Gasteiger partial charge < -0.3 is 14.6 Å². The average Bonchev–Trinajstić information content (AvgIpc) is 2.27. The van der Waals surface area contributed by atoms with Crippen LogP contribution >= 0.6 is 0 Å². The van der Waals surface area contributed by atoms with Gasteiger partial charge >= 0.3 is 0 Å². The lowest BCUT2D eigenvalue weighted by molar-refractivity contribution is 0.111. The van der Waals surface area contributed by atoms with Crippen molar-refractivity contribution in [3.8, 4) is 17.2 Å². The van der Waals surface area contributed by atoms with Crippen molar-refractivity contribution in [3.05, 3.63) is 17.2 Å². The van der Waals surface area contributed by atoms with Gasteiger partial charge in [0.25, 0.3) is 0 Å². The molecule has 0 amide bonds. The molecule has 0 aliphatic rings. The maximum absolute atomic E-state index is 10.7. The molecular weight excluding hydrogens is 200 g/mol. The van der Waals surface area contributed by atoms with Crippen molar-refractivity contribution in [2.45, 2.75) is 0 Å². The van der Waals surface area contributed by atoms with Gasteiger partial charge in [0.15, 0.2) is 12.6 Å². The molecule has 0 aromatic heterocycles. The number of hydrogen-bond donors (Lipinski definition) is 1. The van der Waals surface area contributed by atoms with Crippen molar-refractivity contribution in [2.24, 2.45) is 0 Å². The van der Waals surface area contributed by atoms with Gasteiger partial charge in [0.05, 0.1) is 25.3 Å². The Balaban J connectivity index is 3.55. The van der Waals surface area contributed by atoms with Crippen LogP contribution in [0.3, 0.4) is 0 Å². The molecule has 0 spiro atoms. The summed E-state index contributed by atoms with van der Waals surface area (Å²) in [6.07, 6.45) is 0.835. The lowest BCUT2D eigenvalue weighted by atomic mass is 10.1. The Hall–Kier alpha value is -2.04. The van der Waals surface area contributed by atoms with E-state index >= 15 is 0 Å². The number of rotatable bonds is 4. The molecule has 0 atom stereocenters. The van der Waals surface area contributed by atoms with Crippen LogP contribution in [0, 0.1) is 0 Å². The van der Waals surface area contributed by atoms with Crippen molar-refractivity contribution in [1.29, 1.82) is 0 Å². The van der Waals surface area contributed by atoms with Crippen LogP contribution in [0.15, 0.2) is 6.07 Å². The van der Waals surface area contributed by atoms with Gasteiger partial charge in [-0.25, -0.2) is 0 Å². The van der Waals surface area contributed by atoms with Crippen LogP contribution in [0.1, 0.15) is 20.7 Å². The lowest BCUT2D eigenvalue weighted by Gasteiger charge is -2.11. The summed E-state index contributed by atoms with van der Waals surface area (Å²) in [6, 6.07) is 1.37. The highest BCUT2D eigenvalue weighted by molar-refractivity contribution is 5.93. The number of aromatic hydroxyl groups is 1. The predicted molar refractivity (Wildman–Crippen MR) is 52.0 cm³/mol. The lowest BCUT2D eigenvalue weighted by Crippen LogP contribution is -1.98. The van der Waals surface area contributed by atoms with E-state index in [0.29, 0.717) is 12.6 Å². The summed E-state index contributed by atoms with van der Waals surface area (Å²) in [6.45, 7) is 0. The van der Waals surface area contributed by atoms with Gasteiger partial charge in [-0.1, -0.05) is 0 Å². The number of ether oxygens (including phenoxy) is 2. The van der Waals surface area contributed by atoms with Crippen molar-refractivity contribution in [3.63, 3.8) is 0 Å². The summed E-state index contributed by atoms with van der Waals surface area (Å²) in [7, 11) is 2.70. The van der Waals surface area contributed by atoms with E-state index in [2.05, 4.69) is 0 Å². The normalized spacial score (nSPS) is 9.47. The molecule has 0 radical (unpaired) electrons. The van der Waals surface area contributed by atoms with E-state index in [0.717, 1.165) is 0 Å². The number of phenolic OH excluding ortho intramolecular Hbond substituents is 1. The van der Waals surface area contributed by atoms with E-state index in [9.17, 15) is 14.7 Å². The first-order chi connectivity index (χ1) is 7.19. The largest absolute Gasteiger partial charge is 0.506 e.